The molecule has 0 radical (unpaired) electrons. The lowest BCUT2D eigenvalue weighted by atomic mass is 9.95. The van der Waals surface area contributed by atoms with Gasteiger partial charge in [-0.05, 0) is 74.0 Å². The van der Waals surface area contributed by atoms with Crippen molar-refractivity contribution in [3.63, 3.8) is 0 Å². The van der Waals surface area contributed by atoms with Gasteiger partial charge < -0.3 is 14.9 Å². The number of anilines is 1. The zero-order chi connectivity index (χ0) is 26.2. The number of Topliss-reactive ketones (excluding diaryl/α,β-unsaturated/α-hetero) is 1. The Hall–Kier alpha value is -4.27. The van der Waals surface area contributed by atoms with E-state index in [1.165, 1.54) is 42.5 Å². The van der Waals surface area contributed by atoms with Crippen LogP contribution >= 0.6 is 0 Å². The molecule has 0 saturated carbocycles. The van der Waals surface area contributed by atoms with Crippen LogP contribution in [0.2, 0.25) is 0 Å². The fourth-order valence-corrected chi connectivity index (χ4v) is 4.02. The van der Waals surface area contributed by atoms with E-state index in [1.54, 1.807) is 12.1 Å². The second kappa shape index (κ2) is 9.41. The van der Waals surface area contributed by atoms with E-state index in [2.05, 4.69) is 0 Å². The lowest BCUT2D eigenvalue weighted by molar-refractivity contribution is -0.137. The molecule has 0 aliphatic carbocycles. The highest BCUT2D eigenvalue weighted by atomic mass is 19.4. The van der Waals surface area contributed by atoms with Crippen LogP contribution < -0.4 is 9.64 Å². The average molecular weight is 497 g/mol. The van der Waals surface area contributed by atoms with Crippen LogP contribution in [-0.2, 0) is 15.8 Å². The maximum absolute atomic E-state index is 13.4. The number of carbonyl (C=O) groups excluding carboxylic acids is 2. The molecule has 2 N–H and O–H groups in total. The molecular weight excluding hydrogens is 475 g/mol. The predicted molar refractivity (Wildman–Crippen MR) is 127 cm³/mol. The number of rotatable bonds is 5. The normalized spacial score (nSPS) is 17.6. The fraction of sp³-hybridized carbons (Fsp3) is 0.185. The van der Waals surface area contributed by atoms with Crippen LogP contribution in [0.3, 0.4) is 0 Å². The van der Waals surface area contributed by atoms with Crippen LogP contribution in [0, 0.1) is 0 Å². The smallest absolute Gasteiger partial charge is 0.416 e. The van der Waals surface area contributed by atoms with E-state index in [0.717, 1.165) is 23.1 Å². The number of benzene rings is 3. The van der Waals surface area contributed by atoms with E-state index in [1.807, 2.05) is 13.8 Å². The van der Waals surface area contributed by atoms with Crippen LogP contribution in [0.25, 0.3) is 5.76 Å². The SMILES string of the molecule is CC(C)Oc1ccc(/C(O)=C2\C(=O)C(=O)N(c3cccc(C(F)(F)F)c3)C2c2ccc(O)cc2)cc1. The number of phenolic OH excluding ortho intramolecular Hbond substituents is 1. The van der Waals surface area contributed by atoms with Gasteiger partial charge in [0.05, 0.1) is 23.3 Å². The first-order valence-electron chi connectivity index (χ1n) is 11.0. The van der Waals surface area contributed by atoms with Crippen molar-refractivity contribution in [2.24, 2.45) is 0 Å². The van der Waals surface area contributed by atoms with Gasteiger partial charge in [-0.1, -0.05) is 18.2 Å². The second-order valence-corrected chi connectivity index (χ2v) is 8.50. The third-order valence-corrected chi connectivity index (χ3v) is 5.60. The van der Waals surface area contributed by atoms with Gasteiger partial charge in [-0.2, -0.15) is 13.2 Å². The number of phenols is 1. The summed E-state index contributed by atoms with van der Waals surface area (Å²) in [7, 11) is 0. The molecule has 1 aliphatic heterocycles. The number of alkyl halides is 3. The molecule has 0 spiro atoms. The van der Waals surface area contributed by atoms with Gasteiger partial charge in [0.15, 0.2) is 0 Å². The van der Waals surface area contributed by atoms with Crippen molar-refractivity contribution < 1.29 is 37.7 Å². The van der Waals surface area contributed by atoms with Gasteiger partial charge in [-0.15, -0.1) is 0 Å². The fourth-order valence-electron chi connectivity index (χ4n) is 4.02. The van der Waals surface area contributed by atoms with Crippen molar-refractivity contribution in [2.45, 2.75) is 32.2 Å². The molecule has 3 aromatic rings. The molecular formula is C27H22F3NO5. The van der Waals surface area contributed by atoms with E-state index in [-0.39, 0.29) is 28.7 Å². The predicted octanol–water partition coefficient (Wildman–Crippen LogP) is 5.82. The van der Waals surface area contributed by atoms with Gasteiger partial charge >= 0.3 is 6.18 Å². The first-order valence-corrected chi connectivity index (χ1v) is 11.0. The summed E-state index contributed by atoms with van der Waals surface area (Å²) in [6, 6.07) is 14.5. The van der Waals surface area contributed by atoms with E-state index in [4.69, 9.17) is 4.74 Å². The number of amides is 1. The molecule has 1 aliphatic rings. The Morgan fingerprint density at radius 2 is 1.61 bits per heavy atom. The first kappa shape index (κ1) is 24.8. The van der Waals surface area contributed by atoms with Crippen molar-refractivity contribution in [1.29, 1.82) is 0 Å². The highest BCUT2D eigenvalue weighted by molar-refractivity contribution is 6.51. The lowest BCUT2D eigenvalue weighted by Gasteiger charge is -2.26. The standard InChI is InChI=1S/C27H22F3NO5/c1-15(2)36-21-12-8-17(9-13-21)24(33)22-23(16-6-10-20(32)11-7-16)31(26(35)25(22)34)19-5-3-4-18(14-19)27(28,29)30/h3-15,23,32-33H,1-2H3/b24-22+. The summed E-state index contributed by atoms with van der Waals surface area (Å²) in [5.74, 6) is -2.19. The van der Waals surface area contributed by atoms with E-state index in [9.17, 15) is 33.0 Å². The highest BCUT2D eigenvalue weighted by Gasteiger charge is 2.47. The van der Waals surface area contributed by atoms with Crippen LogP contribution in [0.5, 0.6) is 11.5 Å². The number of ketones is 1. The lowest BCUT2D eigenvalue weighted by Crippen LogP contribution is -2.29. The van der Waals surface area contributed by atoms with Crippen LogP contribution in [0.1, 0.15) is 36.6 Å². The zero-order valence-corrected chi connectivity index (χ0v) is 19.3. The summed E-state index contributed by atoms with van der Waals surface area (Å²) in [6.07, 6.45) is -4.76. The van der Waals surface area contributed by atoms with Gasteiger partial charge in [-0.25, -0.2) is 0 Å². The molecule has 1 fully saturated rings. The van der Waals surface area contributed by atoms with Crippen LogP contribution in [0.15, 0.2) is 78.4 Å². The number of nitrogens with zero attached hydrogens (tertiary/aromatic N) is 1. The van der Waals surface area contributed by atoms with Gasteiger partial charge in [-0.3, -0.25) is 14.5 Å². The molecule has 0 bridgehead atoms. The van der Waals surface area contributed by atoms with E-state index in [0.29, 0.717) is 11.3 Å². The number of halogens is 3. The molecule has 4 rings (SSSR count). The molecule has 186 valence electrons. The molecule has 1 unspecified atom stereocenters. The molecule has 1 amide bonds. The number of hydrogen-bond acceptors (Lipinski definition) is 5. The van der Waals surface area contributed by atoms with Crippen molar-refractivity contribution in [1.82, 2.24) is 0 Å². The minimum absolute atomic E-state index is 0.0864. The Bertz CT molecular complexity index is 1330. The summed E-state index contributed by atoms with van der Waals surface area (Å²) in [4.78, 5) is 27.2. The summed E-state index contributed by atoms with van der Waals surface area (Å²) in [5.41, 5.74) is -0.917. The Morgan fingerprint density at radius 3 is 2.19 bits per heavy atom. The number of carbonyl (C=O) groups is 2. The van der Waals surface area contributed by atoms with Gasteiger partial charge in [0.25, 0.3) is 11.7 Å². The Labute approximate surface area is 204 Å². The number of aliphatic hydroxyl groups excluding tert-OH is 1. The summed E-state index contributed by atoms with van der Waals surface area (Å²) in [5, 5.41) is 20.8. The summed E-state index contributed by atoms with van der Waals surface area (Å²) >= 11 is 0. The van der Waals surface area contributed by atoms with Crippen LogP contribution in [-0.4, -0.2) is 28.0 Å². The largest absolute Gasteiger partial charge is 0.508 e. The Kier molecular flexibility index (Phi) is 6.49. The monoisotopic (exact) mass is 497 g/mol. The molecule has 0 aromatic heterocycles. The molecule has 1 atom stereocenters. The quantitative estimate of drug-likeness (QED) is 0.263. The van der Waals surface area contributed by atoms with E-state index >= 15 is 0 Å². The second-order valence-electron chi connectivity index (χ2n) is 8.50. The maximum atomic E-state index is 13.4. The van der Waals surface area contributed by atoms with Crippen LogP contribution in [0.4, 0.5) is 18.9 Å². The zero-order valence-electron chi connectivity index (χ0n) is 19.3. The minimum Gasteiger partial charge on any atom is -0.508 e. The molecule has 1 heterocycles. The number of aliphatic hydroxyl groups is 1. The first-order chi connectivity index (χ1) is 17.0. The maximum Gasteiger partial charge on any atom is 0.416 e. The Morgan fingerprint density at radius 1 is 0.972 bits per heavy atom. The third kappa shape index (κ3) is 4.77. The molecule has 36 heavy (non-hydrogen) atoms. The van der Waals surface area contributed by atoms with Gasteiger partial charge in [0, 0.05) is 11.3 Å². The number of aromatic hydroxyl groups is 1. The summed E-state index contributed by atoms with van der Waals surface area (Å²) < 4.78 is 45.7. The third-order valence-electron chi connectivity index (χ3n) is 5.60. The van der Waals surface area contributed by atoms with Crippen molar-refractivity contribution in [3.05, 3.63) is 95.1 Å². The van der Waals surface area contributed by atoms with Gasteiger partial charge in [0.2, 0.25) is 0 Å². The summed E-state index contributed by atoms with van der Waals surface area (Å²) in [6.45, 7) is 3.70. The highest BCUT2D eigenvalue weighted by Crippen LogP contribution is 2.43. The number of hydrogen-bond donors (Lipinski definition) is 2. The molecule has 6 nitrogen and oxygen atoms in total. The van der Waals surface area contributed by atoms with Crippen molar-refractivity contribution >= 4 is 23.1 Å². The molecule has 9 heteroatoms. The van der Waals surface area contributed by atoms with E-state index < -0.39 is 35.2 Å². The van der Waals surface area contributed by atoms with Gasteiger partial charge in [0.1, 0.15) is 17.3 Å². The minimum atomic E-state index is -4.67. The van der Waals surface area contributed by atoms with Crippen molar-refractivity contribution in [2.75, 3.05) is 4.90 Å². The number of ether oxygens (including phenoxy) is 1. The van der Waals surface area contributed by atoms with Crippen molar-refractivity contribution in [3.8, 4) is 11.5 Å². The topological polar surface area (TPSA) is 87.1 Å². The molecule has 3 aromatic carbocycles. The molecule has 1 saturated heterocycles. The average Bonchev–Trinajstić information content (AvgIpc) is 3.09. The Balaban J connectivity index is 1.88.